The van der Waals surface area contributed by atoms with Crippen molar-refractivity contribution in [3.05, 3.63) is 59.7 Å². The zero-order valence-corrected chi connectivity index (χ0v) is 16.3. The first-order chi connectivity index (χ1) is 13.6. The largest absolute Gasteiger partial charge is 0.497 e. The van der Waals surface area contributed by atoms with E-state index < -0.39 is 5.60 Å². The van der Waals surface area contributed by atoms with Crippen LogP contribution in [0.25, 0.3) is 0 Å². The molecule has 0 amide bonds. The lowest BCUT2D eigenvalue weighted by Crippen LogP contribution is -2.49. The Morgan fingerprint density at radius 3 is 2.21 bits per heavy atom. The Morgan fingerprint density at radius 1 is 1.04 bits per heavy atom. The normalized spacial score (nSPS) is 26.6. The highest BCUT2D eigenvalue weighted by molar-refractivity contribution is 5.32. The number of hydrogen-bond donors (Lipinski definition) is 1. The molecule has 2 aromatic carbocycles. The molecule has 28 heavy (non-hydrogen) atoms. The minimum absolute atomic E-state index is 0.291. The van der Waals surface area contributed by atoms with Gasteiger partial charge in [0, 0.05) is 18.6 Å². The first kappa shape index (κ1) is 18.9. The van der Waals surface area contributed by atoms with E-state index in [1.165, 1.54) is 5.56 Å². The fourth-order valence-corrected chi connectivity index (χ4v) is 4.74. The summed E-state index contributed by atoms with van der Waals surface area (Å²) in [5.41, 5.74) is 1.52. The van der Waals surface area contributed by atoms with Crippen LogP contribution in [0, 0.1) is 12.3 Å². The minimum Gasteiger partial charge on any atom is -0.497 e. The average molecular weight is 377 g/mol. The number of hydrogen-bond acceptors (Lipinski definition) is 4. The molecular formula is C24H27NO3. The molecule has 0 saturated carbocycles. The van der Waals surface area contributed by atoms with Gasteiger partial charge in [0.1, 0.15) is 18.1 Å². The monoisotopic (exact) mass is 377 g/mol. The molecule has 2 aromatic rings. The molecule has 2 fully saturated rings. The summed E-state index contributed by atoms with van der Waals surface area (Å²) in [4.78, 5) is 2.56. The number of terminal acetylenes is 1. The Bertz CT molecular complexity index is 824. The Morgan fingerprint density at radius 2 is 1.64 bits per heavy atom. The maximum absolute atomic E-state index is 11.4. The highest BCUT2D eigenvalue weighted by Gasteiger charge is 2.48. The number of ether oxygens (including phenoxy) is 2. The maximum Gasteiger partial charge on any atom is 0.148 e. The van der Waals surface area contributed by atoms with Gasteiger partial charge in [-0.3, -0.25) is 4.90 Å². The second-order valence-electron chi connectivity index (χ2n) is 7.86. The molecular weight excluding hydrogens is 350 g/mol. The molecule has 2 atom stereocenters. The Balaban J connectivity index is 1.44. The predicted octanol–water partition coefficient (Wildman–Crippen LogP) is 3.72. The quantitative estimate of drug-likeness (QED) is 0.779. The summed E-state index contributed by atoms with van der Waals surface area (Å²) < 4.78 is 10.7. The third kappa shape index (κ3) is 3.73. The van der Waals surface area contributed by atoms with Gasteiger partial charge in [0.2, 0.25) is 0 Å². The maximum atomic E-state index is 11.4. The third-order valence-electron chi connectivity index (χ3n) is 6.16. The summed E-state index contributed by atoms with van der Waals surface area (Å²) in [6.45, 7) is 1.20. The van der Waals surface area contributed by atoms with Gasteiger partial charge in [-0.2, -0.15) is 0 Å². The van der Waals surface area contributed by atoms with Crippen LogP contribution in [0.3, 0.4) is 0 Å². The lowest BCUT2D eigenvalue weighted by molar-refractivity contribution is -0.0595. The number of fused-ring (bicyclic) bond motifs is 2. The van der Waals surface area contributed by atoms with Crippen LogP contribution >= 0.6 is 0 Å². The zero-order valence-electron chi connectivity index (χ0n) is 16.3. The smallest absolute Gasteiger partial charge is 0.148 e. The van der Waals surface area contributed by atoms with Gasteiger partial charge in [-0.25, -0.2) is 0 Å². The Hall–Kier alpha value is -2.48. The summed E-state index contributed by atoms with van der Waals surface area (Å²) in [5.74, 6) is 4.11. The molecule has 2 aliphatic heterocycles. The van der Waals surface area contributed by atoms with E-state index in [-0.39, 0.29) is 0 Å². The molecule has 0 aromatic heterocycles. The fourth-order valence-electron chi connectivity index (χ4n) is 4.74. The van der Waals surface area contributed by atoms with Crippen LogP contribution in [0.1, 0.15) is 36.8 Å². The lowest BCUT2D eigenvalue weighted by atomic mass is 9.80. The molecule has 2 aliphatic rings. The molecule has 0 unspecified atom stereocenters. The fraction of sp³-hybridized carbons (Fsp3) is 0.417. The van der Waals surface area contributed by atoms with E-state index in [4.69, 9.17) is 15.9 Å². The van der Waals surface area contributed by atoms with E-state index in [9.17, 15) is 5.11 Å². The Labute approximate surface area is 167 Å². The first-order valence-electron chi connectivity index (χ1n) is 9.89. The highest BCUT2D eigenvalue weighted by Crippen LogP contribution is 2.46. The average Bonchev–Trinajstić information content (AvgIpc) is 2.97. The van der Waals surface area contributed by atoms with Gasteiger partial charge < -0.3 is 14.6 Å². The van der Waals surface area contributed by atoms with E-state index in [0.29, 0.717) is 18.7 Å². The van der Waals surface area contributed by atoms with Crippen molar-refractivity contribution >= 4 is 0 Å². The Kier molecular flexibility index (Phi) is 5.30. The summed E-state index contributed by atoms with van der Waals surface area (Å²) in [6.07, 6.45) is 9.08. The van der Waals surface area contributed by atoms with Crippen molar-refractivity contribution in [3.63, 3.8) is 0 Å². The molecule has 1 N–H and O–H groups in total. The molecule has 4 nitrogen and oxygen atoms in total. The van der Waals surface area contributed by atoms with Gasteiger partial charge in [-0.15, -0.1) is 6.42 Å². The standard InChI is InChI=1S/C24H27NO3/c1-3-14-28-23-10-4-18(5-11-23)17-25-20-8-9-21(25)16-24(26,15-20)19-6-12-22(27-2)13-7-19/h1,4-7,10-13,20-21,26H,8-9,14-17H2,2H3/t20-,21-/m1/s1. The second kappa shape index (κ2) is 7.87. The van der Waals surface area contributed by atoms with Crippen molar-refractivity contribution in [3.8, 4) is 23.8 Å². The van der Waals surface area contributed by atoms with E-state index in [1.54, 1.807) is 7.11 Å². The molecule has 4 heteroatoms. The highest BCUT2D eigenvalue weighted by atomic mass is 16.5. The van der Waals surface area contributed by atoms with Crippen LogP contribution in [-0.4, -0.2) is 35.8 Å². The molecule has 0 radical (unpaired) electrons. The van der Waals surface area contributed by atoms with Crippen LogP contribution in [0.15, 0.2) is 48.5 Å². The number of aliphatic hydroxyl groups is 1. The molecule has 2 bridgehead atoms. The van der Waals surface area contributed by atoms with E-state index in [0.717, 1.165) is 49.3 Å². The van der Waals surface area contributed by atoms with Crippen LogP contribution in [0.5, 0.6) is 11.5 Å². The first-order valence-corrected chi connectivity index (χ1v) is 9.89. The minimum atomic E-state index is -0.748. The van der Waals surface area contributed by atoms with Crippen molar-refractivity contribution in [2.75, 3.05) is 13.7 Å². The number of piperidine rings is 1. The molecule has 0 spiro atoms. The lowest BCUT2D eigenvalue weighted by Gasteiger charge is -2.44. The third-order valence-corrected chi connectivity index (χ3v) is 6.16. The van der Waals surface area contributed by atoms with Crippen LogP contribution in [-0.2, 0) is 12.1 Å². The van der Waals surface area contributed by atoms with Gasteiger partial charge in [-0.1, -0.05) is 30.2 Å². The number of methoxy groups -OCH3 is 1. The van der Waals surface area contributed by atoms with Gasteiger partial charge in [0.25, 0.3) is 0 Å². The van der Waals surface area contributed by atoms with Crippen LogP contribution in [0.4, 0.5) is 0 Å². The summed E-state index contributed by atoms with van der Waals surface area (Å²) >= 11 is 0. The van der Waals surface area contributed by atoms with Crippen molar-refractivity contribution in [1.82, 2.24) is 4.90 Å². The van der Waals surface area contributed by atoms with Gasteiger partial charge in [0.05, 0.1) is 12.7 Å². The van der Waals surface area contributed by atoms with E-state index in [1.807, 2.05) is 36.4 Å². The van der Waals surface area contributed by atoms with Gasteiger partial charge >= 0.3 is 0 Å². The topological polar surface area (TPSA) is 41.9 Å². The molecule has 2 heterocycles. The summed E-state index contributed by atoms with van der Waals surface area (Å²) in [6, 6.07) is 16.9. The van der Waals surface area contributed by atoms with Crippen molar-refractivity contribution in [2.45, 2.75) is 49.9 Å². The number of nitrogens with zero attached hydrogens (tertiary/aromatic N) is 1. The molecule has 4 rings (SSSR count). The van der Waals surface area contributed by atoms with Crippen molar-refractivity contribution in [2.24, 2.45) is 0 Å². The zero-order chi connectivity index (χ0) is 19.6. The molecule has 2 saturated heterocycles. The van der Waals surface area contributed by atoms with Crippen LogP contribution in [0.2, 0.25) is 0 Å². The summed E-state index contributed by atoms with van der Waals surface area (Å²) in [5, 5.41) is 11.4. The van der Waals surface area contributed by atoms with Crippen LogP contribution < -0.4 is 9.47 Å². The predicted molar refractivity (Wildman–Crippen MR) is 109 cm³/mol. The van der Waals surface area contributed by atoms with Gasteiger partial charge in [0.15, 0.2) is 0 Å². The SMILES string of the molecule is C#CCOc1ccc(CN2[C@@H]3CC[C@@H]2CC(O)(c2ccc(OC)cc2)C3)cc1. The molecule has 0 aliphatic carbocycles. The van der Waals surface area contributed by atoms with Crippen molar-refractivity contribution < 1.29 is 14.6 Å². The number of benzene rings is 2. The van der Waals surface area contributed by atoms with Crippen molar-refractivity contribution in [1.29, 1.82) is 0 Å². The van der Waals surface area contributed by atoms with Gasteiger partial charge in [-0.05, 0) is 61.1 Å². The second-order valence-corrected chi connectivity index (χ2v) is 7.86. The van der Waals surface area contributed by atoms with E-state index >= 15 is 0 Å². The number of rotatable bonds is 6. The summed E-state index contributed by atoms with van der Waals surface area (Å²) in [7, 11) is 1.66. The molecule has 146 valence electrons. The van der Waals surface area contributed by atoms with E-state index in [2.05, 4.69) is 23.0 Å².